The molecule has 2 atom stereocenters. The fourth-order valence-electron chi connectivity index (χ4n) is 2.26. The van der Waals surface area contributed by atoms with Gasteiger partial charge in [-0.3, -0.25) is 19.7 Å². The van der Waals surface area contributed by atoms with Crippen molar-refractivity contribution in [1.29, 1.82) is 0 Å². The number of aliphatic hydroxyl groups is 1. The number of amides is 2. The number of halogens is 1. The lowest BCUT2D eigenvalue weighted by molar-refractivity contribution is -0.384. The third kappa shape index (κ3) is 2.96. The van der Waals surface area contributed by atoms with Crippen LogP contribution in [0.4, 0.5) is 5.69 Å². The molecule has 1 fully saturated rings. The molecule has 1 heterocycles. The van der Waals surface area contributed by atoms with E-state index in [9.17, 15) is 24.8 Å². The van der Waals surface area contributed by atoms with E-state index in [1.807, 2.05) is 0 Å². The molecule has 2 amide bonds. The molecular weight excluding hydrogens is 302 g/mol. The van der Waals surface area contributed by atoms with Crippen LogP contribution in [0, 0.1) is 10.1 Å². The summed E-state index contributed by atoms with van der Waals surface area (Å²) >= 11 is 5.75. The highest BCUT2D eigenvalue weighted by atomic mass is 35.5. The number of hydrogen-bond acceptors (Lipinski definition) is 5. The maximum Gasteiger partial charge on any atom is 0.287 e. The molecule has 0 radical (unpaired) electrons. The van der Waals surface area contributed by atoms with Crippen LogP contribution in [-0.4, -0.2) is 45.4 Å². The molecule has 2 unspecified atom stereocenters. The van der Waals surface area contributed by atoms with Crippen LogP contribution in [0.1, 0.15) is 16.8 Å². The van der Waals surface area contributed by atoms with E-state index >= 15 is 0 Å². The number of β-amino-alcohol motifs (C(OH)–C–C–N with tert-alkyl or cyclic N) is 1. The Morgan fingerprint density at radius 1 is 1.48 bits per heavy atom. The van der Waals surface area contributed by atoms with Crippen molar-refractivity contribution in [3.63, 3.8) is 0 Å². The van der Waals surface area contributed by atoms with Crippen LogP contribution >= 0.6 is 11.6 Å². The Kier molecular flexibility index (Phi) is 4.10. The second-order valence-corrected chi connectivity index (χ2v) is 5.10. The number of primary amides is 1. The van der Waals surface area contributed by atoms with Gasteiger partial charge in [-0.1, -0.05) is 11.6 Å². The topological polar surface area (TPSA) is 127 Å². The van der Waals surface area contributed by atoms with Crippen molar-refractivity contribution in [2.75, 3.05) is 6.54 Å². The summed E-state index contributed by atoms with van der Waals surface area (Å²) in [6.07, 6.45) is -0.762. The first-order chi connectivity index (χ1) is 9.81. The number of carbonyl (C=O) groups is 2. The van der Waals surface area contributed by atoms with Gasteiger partial charge in [-0.15, -0.1) is 0 Å². The average molecular weight is 314 g/mol. The molecule has 3 N–H and O–H groups in total. The summed E-state index contributed by atoms with van der Waals surface area (Å²) in [5.41, 5.74) is 4.97. The molecule has 21 heavy (non-hydrogen) atoms. The Balaban J connectivity index is 2.29. The minimum atomic E-state index is -0.901. The van der Waals surface area contributed by atoms with Gasteiger partial charge in [0.25, 0.3) is 11.6 Å². The second kappa shape index (κ2) is 5.66. The third-order valence-electron chi connectivity index (χ3n) is 3.26. The summed E-state index contributed by atoms with van der Waals surface area (Å²) in [5.74, 6) is -1.28. The fraction of sp³-hybridized carbons (Fsp3) is 0.333. The van der Waals surface area contributed by atoms with Crippen LogP contribution in [0.3, 0.4) is 0 Å². The van der Waals surface area contributed by atoms with Crippen molar-refractivity contribution < 1.29 is 19.6 Å². The van der Waals surface area contributed by atoms with Crippen molar-refractivity contribution in [1.82, 2.24) is 4.90 Å². The first-order valence-corrected chi connectivity index (χ1v) is 6.41. The summed E-state index contributed by atoms with van der Waals surface area (Å²) in [6.45, 7) is -0.0267. The Bertz CT molecular complexity index is 621. The van der Waals surface area contributed by atoms with E-state index in [1.165, 1.54) is 6.07 Å². The first-order valence-electron chi connectivity index (χ1n) is 6.03. The molecule has 8 nitrogen and oxygen atoms in total. The molecule has 1 aliphatic heterocycles. The van der Waals surface area contributed by atoms with Crippen molar-refractivity contribution in [2.45, 2.75) is 18.6 Å². The highest BCUT2D eigenvalue weighted by Crippen LogP contribution is 2.27. The van der Waals surface area contributed by atoms with Crippen molar-refractivity contribution >= 4 is 29.1 Å². The number of hydrogen-bond donors (Lipinski definition) is 2. The predicted molar refractivity (Wildman–Crippen MR) is 72.7 cm³/mol. The Morgan fingerprint density at radius 3 is 2.67 bits per heavy atom. The van der Waals surface area contributed by atoms with Gasteiger partial charge in [0.15, 0.2) is 0 Å². The normalized spacial score (nSPS) is 21.3. The van der Waals surface area contributed by atoms with E-state index in [2.05, 4.69) is 0 Å². The third-order valence-corrected chi connectivity index (χ3v) is 3.56. The van der Waals surface area contributed by atoms with E-state index in [0.717, 1.165) is 17.0 Å². The van der Waals surface area contributed by atoms with Crippen LogP contribution in [-0.2, 0) is 4.79 Å². The summed E-state index contributed by atoms with van der Waals surface area (Å²) in [6, 6.07) is 2.61. The number of nitrogens with two attached hydrogens (primary N) is 1. The Morgan fingerprint density at radius 2 is 2.14 bits per heavy atom. The van der Waals surface area contributed by atoms with E-state index in [1.54, 1.807) is 0 Å². The molecular formula is C12H12ClN3O5. The predicted octanol–water partition coefficient (Wildman–Crippen LogP) is 0.309. The quantitative estimate of drug-likeness (QED) is 0.613. The van der Waals surface area contributed by atoms with Gasteiger partial charge in [0.2, 0.25) is 5.91 Å². The molecule has 0 aliphatic carbocycles. The first kappa shape index (κ1) is 15.2. The minimum Gasteiger partial charge on any atom is -0.391 e. The smallest absolute Gasteiger partial charge is 0.287 e. The molecule has 1 aliphatic rings. The molecule has 1 aromatic carbocycles. The van der Waals surface area contributed by atoms with Crippen LogP contribution in [0.5, 0.6) is 0 Å². The van der Waals surface area contributed by atoms with Gasteiger partial charge in [-0.25, -0.2) is 0 Å². The van der Waals surface area contributed by atoms with Crippen LogP contribution in [0.15, 0.2) is 18.2 Å². The summed E-state index contributed by atoms with van der Waals surface area (Å²) in [7, 11) is 0. The zero-order chi connectivity index (χ0) is 15.7. The largest absolute Gasteiger partial charge is 0.391 e. The molecule has 1 saturated heterocycles. The fourth-order valence-corrected chi connectivity index (χ4v) is 2.51. The number of nitro groups is 1. The lowest BCUT2D eigenvalue weighted by atomic mass is 10.1. The number of nitrogens with zero attached hydrogens (tertiary/aromatic N) is 2. The molecule has 9 heteroatoms. The van der Waals surface area contributed by atoms with Crippen molar-refractivity contribution in [3.05, 3.63) is 38.9 Å². The van der Waals surface area contributed by atoms with Gasteiger partial charge in [0, 0.05) is 24.6 Å². The Labute approximate surface area is 124 Å². The average Bonchev–Trinajstić information content (AvgIpc) is 2.79. The van der Waals surface area contributed by atoms with Gasteiger partial charge < -0.3 is 15.7 Å². The Hall–Kier alpha value is -2.19. The highest BCUT2D eigenvalue weighted by Gasteiger charge is 2.38. The molecule has 0 saturated carbocycles. The zero-order valence-corrected chi connectivity index (χ0v) is 11.5. The number of likely N-dealkylation sites (tertiary alicyclic amines) is 1. The van der Waals surface area contributed by atoms with Gasteiger partial charge in [0.1, 0.15) is 11.1 Å². The maximum absolute atomic E-state index is 12.3. The molecule has 0 spiro atoms. The van der Waals surface area contributed by atoms with E-state index < -0.39 is 28.9 Å². The van der Waals surface area contributed by atoms with Crippen molar-refractivity contribution in [2.24, 2.45) is 5.73 Å². The van der Waals surface area contributed by atoms with Gasteiger partial charge in [0.05, 0.1) is 11.0 Å². The van der Waals surface area contributed by atoms with Crippen LogP contribution in [0.2, 0.25) is 5.02 Å². The van der Waals surface area contributed by atoms with E-state index in [4.69, 9.17) is 17.3 Å². The van der Waals surface area contributed by atoms with Crippen LogP contribution < -0.4 is 5.73 Å². The summed E-state index contributed by atoms with van der Waals surface area (Å²) in [4.78, 5) is 34.8. The molecule has 112 valence electrons. The SMILES string of the molecule is NC(=O)C1CC(O)CN1C(=O)c1ccc([N+](=O)[O-])c(Cl)c1. The number of aliphatic hydroxyl groups excluding tert-OH is 1. The highest BCUT2D eigenvalue weighted by molar-refractivity contribution is 6.33. The molecule has 0 bridgehead atoms. The van der Waals surface area contributed by atoms with Crippen molar-refractivity contribution in [3.8, 4) is 0 Å². The van der Waals surface area contributed by atoms with Gasteiger partial charge in [-0.2, -0.15) is 0 Å². The number of carbonyl (C=O) groups excluding carboxylic acids is 2. The monoisotopic (exact) mass is 313 g/mol. The standard InChI is InChI=1S/C12H12ClN3O5/c13-8-3-6(1-2-9(8)16(20)21)12(19)15-5-7(17)4-10(15)11(14)18/h1-3,7,10,17H,4-5H2,(H2,14,18). The molecule has 2 rings (SSSR count). The zero-order valence-electron chi connectivity index (χ0n) is 10.7. The maximum atomic E-state index is 12.3. The molecule has 0 aromatic heterocycles. The van der Waals surface area contributed by atoms with Gasteiger partial charge in [-0.05, 0) is 12.1 Å². The summed E-state index contributed by atoms with van der Waals surface area (Å²) in [5, 5.41) is 20.1. The van der Waals surface area contributed by atoms with E-state index in [-0.39, 0.29) is 29.2 Å². The number of nitro benzene ring substituents is 1. The van der Waals surface area contributed by atoms with Gasteiger partial charge >= 0.3 is 0 Å². The lowest BCUT2D eigenvalue weighted by Crippen LogP contribution is -2.43. The number of benzene rings is 1. The lowest BCUT2D eigenvalue weighted by Gasteiger charge is -2.21. The number of rotatable bonds is 3. The van der Waals surface area contributed by atoms with E-state index in [0.29, 0.717) is 0 Å². The minimum absolute atomic E-state index is 0.0267. The summed E-state index contributed by atoms with van der Waals surface area (Å²) < 4.78 is 0. The van der Waals surface area contributed by atoms with Crippen LogP contribution in [0.25, 0.3) is 0 Å². The second-order valence-electron chi connectivity index (χ2n) is 4.69. The molecule has 1 aromatic rings.